The number of nitrogens with zero attached hydrogens (tertiary/aromatic N) is 1. The van der Waals surface area contributed by atoms with E-state index in [0.717, 1.165) is 43.7 Å². The van der Waals surface area contributed by atoms with Gasteiger partial charge in [-0.1, -0.05) is 13.0 Å². The summed E-state index contributed by atoms with van der Waals surface area (Å²) >= 11 is 0. The second kappa shape index (κ2) is 4.93. The third kappa shape index (κ3) is 2.25. The third-order valence-electron chi connectivity index (χ3n) is 4.21. The van der Waals surface area contributed by atoms with Crippen LogP contribution < -0.4 is 0 Å². The van der Waals surface area contributed by atoms with E-state index in [2.05, 4.69) is 6.92 Å². The molecule has 0 aliphatic carbocycles. The molecule has 2 aliphatic rings. The molecule has 0 aromatic heterocycles. The Balaban J connectivity index is 1.73. The van der Waals surface area contributed by atoms with Gasteiger partial charge < -0.3 is 9.64 Å². The Morgan fingerprint density at radius 1 is 1.47 bits per heavy atom. The maximum absolute atomic E-state index is 13.2. The molecule has 0 radical (unpaired) electrons. The minimum atomic E-state index is -0.263. The topological polar surface area (TPSA) is 36.3 Å². The van der Waals surface area contributed by atoms with Crippen molar-refractivity contribution in [2.24, 2.45) is 5.92 Å². The summed E-state index contributed by atoms with van der Waals surface area (Å²) in [5.41, 5.74) is 1.80. The Kier molecular flexibility index (Phi) is 3.27. The molecule has 1 saturated heterocycles. The van der Waals surface area contributed by atoms with Crippen LogP contribution in [0.15, 0.2) is 18.2 Å². The van der Waals surface area contributed by atoms with Gasteiger partial charge in [0.25, 0.3) is 0 Å². The van der Waals surface area contributed by atoms with Crippen LogP contribution in [0.3, 0.4) is 0 Å². The van der Waals surface area contributed by atoms with Gasteiger partial charge in [-0.05, 0) is 30.5 Å². The summed E-state index contributed by atoms with van der Waals surface area (Å²) in [6.07, 6.45) is 2.40. The zero-order chi connectivity index (χ0) is 13.4. The van der Waals surface area contributed by atoms with E-state index in [1.54, 1.807) is 6.07 Å². The molecule has 102 valence electrons. The summed E-state index contributed by atoms with van der Waals surface area (Å²) in [4.78, 5) is 2.05. The fourth-order valence-corrected chi connectivity index (χ4v) is 3.15. The van der Waals surface area contributed by atoms with Crippen molar-refractivity contribution in [3.63, 3.8) is 0 Å². The second-order valence-electron chi connectivity index (χ2n) is 5.40. The monoisotopic (exact) mass is 262 g/mol. The number of hydrogen-bond donors (Lipinski definition) is 1. The molecule has 3 nitrogen and oxygen atoms in total. The Labute approximate surface area is 112 Å². The van der Waals surface area contributed by atoms with Crippen LogP contribution in [-0.4, -0.2) is 30.0 Å². The molecule has 2 unspecified atom stereocenters. The van der Waals surface area contributed by atoms with Gasteiger partial charge in [-0.15, -0.1) is 0 Å². The lowest BCUT2D eigenvalue weighted by Crippen LogP contribution is -2.33. The number of nitrogens with one attached hydrogen (secondary N) is 1. The van der Waals surface area contributed by atoms with Crippen LogP contribution in [0.25, 0.3) is 0 Å². The highest BCUT2D eigenvalue weighted by Crippen LogP contribution is 2.29. The summed E-state index contributed by atoms with van der Waals surface area (Å²) in [7, 11) is 0. The Bertz CT molecular complexity index is 503. The minimum Gasteiger partial charge on any atom is -0.378 e. The molecular formula is C15H19FN2O. The number of fused-ring (bicyclic) bond motifs is 1. The summed E-state index contributed by atoms with van der Waals surface area (Å²) in [5, 5.41) is 8.19. The van der Waals surface area contributed by atoms with Gasteiger partial charge in [0.15, 0.2) is 0 Å². The zero-order valence-electron chi connectivity index (χ0n) is 11.2. The summed E-state index contributed by atoms with van der Waals surface area (Å²) < 4.78 is 18.9. The van der Waals surface area contributed by atoms with Crippen LogP contribution in [-0.2, 0) is 11.3 Å². The molecule has 3 rings (SSSR count). The molecule has 1 fully saturated rings. The van der Waals surface area contributed by atoms with Crippen LogP contribution >= 0.6 is 0 Å². The predicted molar refractivity (Wildman–Crippen MR) is 71.8 cm³/mol. The van der Waals surface area contributed by atoms with Gasteiger partial charge in [0, 0.05) is 31.2 Å². The summed E-state index contributed by atoms with van der Waals surface area (Å²) in [5.74, 6) is 0.682. The lowest BCUT2D eigenvalue weighted by Gasteiger charge is -2.25. The maximum Gasteiger partial charge on any atom is 0.128 e. The van der Waals surface area contributed by atoms with Crippen molar-refractivity contribution in [3.8, 4) is 0 Å². The molecule has 1 aromatic carbocycles. The first-order valence-corrected chi connectivity index (χ1v) is 6.93. The van der Waals surface area contributed by atoms with Gasteiger partial charge >= 0.3 is 0 Å². The number of rotatable bonds is 3. The largest absolute Gasteiger partial charge is 0.378 e. The van der Waals surface area contributed by atoms with Crippen LogP contribution in [0.1, 0.15) is 30.9 Å². The number of ether oxygens (including phenoxy) is 1. The molecule has 1 aromatic rings. The van der Waals surface area contributed by atoms with Crippen LogP contribution in [0, 0.1) is 17.1 Å². The highest BCUT2D eigenvalue weighted by atomic mass is 19.1. The Morgan fingerprint density at radius 2 is 2.32 bits per heavy atom. The molecule has 1 N–H and O–H groups in total. The molecule has 2 heterocycles. The second-order valence-corrected chi connectivity index (χ2v) is 5.40. The van der Waals surface area contributed by atoms with Crippen LogP contribution in [0.2, 0.25) is 0 Å². The number of halogens is 1. The van der Waals surface area contributed by atoms with Gasteiger partial charge in [0.05, 0.1) is 6.10 Å². The maximum atomic E-state index is 13.2. The van der Waals surface area contributed by atoms with E-state index >= 15 is 0 Å². The van der Waals surface area contributed by atoms with Crippen molar-refractivity contribution in [2.45, 2.75) is 32.4 Å². The van der Waals surface area contributed by atoms with Gasteiger partial charge in [-0.25, -0.2) is 4.39 Å². The first-order chi connectivity index (χ1) is 9.19. The molecule has 0 amide bonds. The predicted octanol–water partition coefficient (Wildman–Crippen LogP) is 2.78. The minimum absolute atomic E-state index is 0.263. The smallest absolute Gasteiger partial charge is 0.128 e. The lowest BCUT2D eigenvalue weighted by atomic mass is 9.99. The average molecular weight is 262 g/mol. The van der Waals surface area contributed by atoms with E-state index in [0.29, 0.717) is 17.9 Å². The molecule has 19 heavy (non-hydrogen) atoms. The molecule has 0 saturated carbocycles. The van der Waals surface area contributed by atoms with Gasteiger partial charge in [-0.2, -0.15) is 0 Å². The molecular weight excluding hydrogens is 243 g/mol. The molecule has 0 spiro atoms. The van der Waals surface area contributed by atoms with Crippen molar-refractivity contribution < 1.29 is 9.13 Å². The van der Waals surface area contributed by atoms with Crippen molar-refractivity contribution in [1.29, 1.82) is 5.41 Å². The fraction of sp³-hybridized carbons (Fsp3) is 0.533. The van der Waals surface area contributed by atoms with Crippen molar-refractivity contribution >= 4 is 5.84 Å². The summed E-state index contributed by atoms with van der Waals surface area (Å²) in [6, 6.07) is 4.74. The van der Waals surface area contributed by atoms with Crippen LogP contribution in [0.4, 0.5) is 4.39 Å². The standard InChI is InChI=1S/C15H19FN2O/c1-2-14-11(5-6-19-14)9-18-8-10-3-4-12(16)7-13(10)15(18)17/h3-4,7,11,14,17H,2,5-6,8-9H2,1H3. The molecule has 4 heteroatoms. The molecule has 0 bridgehead atoms. The molecule has 2 atom stereocenters. The van der Waals surface area contributed by atoms with Gasteiger partial charge in [0.2, 0.25) is 0 Å². The average Bonchev–Trinajstić information content (AvgIpc) is 2.97. The first kappa shape index (κ1) is 12.6. The summed E-state index contributed by atoms with van der Waals surface area (Å²) in [6.45, 7) is 4.53. The van der Waals surface area contributed by atoms with E-state index < -0.39 is 0 Å². The quantitative estimate of drug-likeness (QED) is 0.909. The third-order valence-corrected chi connectivity index (χ3v) is 4.21. The highest BCUT2D eigenvalue weighted by molar-refractivity contribution is 6.00. The van der Waals surface area contributed by atoms with Gasteiger partial charge in [-0.3, -0.25) is 5.41 Å². The zero-order valence-corrected chi connectivity index (χ0v) is 11.2. The van der Waals surface area contributed by atoms with Gasteiger partial charge in [0.1, 0.15) is 11.7 Å². The van der Waals surface area contributed by atoms with E-state index in [9.17, 15) is 4.39 Å². The normalized spacial score (nSPS) is 26.0. The Morgan fingerprint density at radius 3 is 3.11 bits per heavy atom. The van der Waals surface area contributed by atoms with Crippen molar-refractivity contribution in [1.82, 2.24) is 4.90 Å². The number of benzene rings is 1. The first-order valence-electron chi connectivity index (χ1n) is 6.93. The lowest BCUT2D eigenvalue weighted by molar-refractivity contribution is 0.0818. The van der Waals surface area contributed by atoms with E-state index in [1.807, 2.05) is 4.90 Å². The van der Waals surface area contributed by atoms with Crippen molar-refractivity contribution in [2.75, 3.05) is 13.2 Å². The number of amidine groups is 1. The fourth-order valence-electron chi connectivity index (χ4n) is 3.15. The van der Waals surface area contributed by atoms with E-state index in [4.69, 9.17) is 10.1 Å². The van der Waals surface area contributed by atoms with E-state index in [-0.39, 0.29) is 5.82 Å². The Hall–Kier alpha value is -1.42. The highest BCUT2D eigenvalue weighted by Gasteiger charge is 2.32. The van der Waals surface area contributed by atoms with Crippen molar-refractivity contribution in [3.05, 3.63) is 35.1 Å². The number of hydrogen-bond acceptors (Lipinski definition) is 2. The van der Waals surface area contributed by atoms with E-state index in [1.165, 1.54) is 12.1 Å². The SMILES string of the molecule is CCC1OCCC1CN1Cc2ccc(F)cc2C1=N. The van der Waals surface area contributed by atoms with Crippen LogP contribution in [0.5, 0.6) is 0 Å². The molecule has 2 aliphatic heterocycles.